The number of imidazole rings is 1. The van der Waals surface area contributed by atoms with E-state index in [-0.39, 0.29) is 18.6 Å². The summed E-state index contributed by atoms with van der Waals surface area (Å²) in [5.41, 5.74) is 0.628. The summed E-state index contributed by atoms with van der Waals surface area (Å²) in [7, 11) is 1.25. The molecule has 0 saturated heterocycles. The van der Waals surface area contributed by atoms with Crippen LogP contribution in [0.1, 0.15) is 25.1 Å². The zero-order valence-corrected chi connectivity index (χ0v) is 12.1. The van der Waals surface area contributed by atoms with Gasteiger partial charge in [0.2, 0.25) is 0 Å². The van der Waals surface area contributed by atoms with Gasteiger partial charge in [0.05, 0.1) is 24.2 Å². The first-order valence-electron chi connectivity index (χ1n) is 7.07. The molecule has 1 fully saturated rings. The lowest BCUT2D eigenvalue weighted by Gasteiger charge is -2.31. The molecule has 6 nitrogen and oxygen atoms in total. The first-order valence-corrected chi connectivity index (χ1v) is 7.07. The maximum Gasteiger partial charge on any atom is 0.316 e. The second-order valence-corrected chi connectivity index (χ2v) is 5.54. The molecular weight excluding hydrogens is 282 g/mol. The number of hydrogen-bond acceptors (Lipinski definition) is 5. The number of para-hydroxylation sites is 2. The van der Waals surface area contributed by atoms with Crippen LogP contribution >= 0.6 is 0 Å². The molecule has 1 aromatic carbocycles. The Morgan fingerprint density at radius 3 is 2.95 bits per heavy atom. The van der Waals surface area contributed by atoms with Crippen molar-refractivity contribution in [2.75, 3.05) is 7.11 Å². The number of aromatic amines is 1. The topological polar surface area (TPSA) is 95.8 Å². The number of carbonyl (C=O) groups is 2. The number of methoxy groups -OCH3 is 1. The number of benzene rings is 1. The normalized spacial score (nSPS) is 24.9. The quantitative estimate of drug-likeness (QED) is 0.674. The summed E-state index contributed by atoms with van der Waals surface area (Å²) in [6.45, 7) is 0. The fourth-order valence-corrected chi connectivity index (χ4v) is 2.98. The largest absolute Gasteiger partial charge is 0.468 e. The second kappa shape index (κ2) is 5.26. The minimum atomic E-state index is -0.966. The van der Waals surface area contributed by atoms with Crippen molar-refractivity contribution < 1.29 is 14.3 Å². The van der Waals surface area contributed by atoms with Crippen molar-refractivity contribution in [3.8, 4) is 6.07 Å². The number of Topliss-reactive ketones (excluding diaryl/α,β-unsaturated/α-hetero) is 1. The molecule has 0 aliphatic heterocycles. The fourth-order valence-electron chi connectivity index (χ4n) is 2.98. The third-order valence-corrected chi connectivity index (χ3v) is 4.28. The molecular formula is C16H15N3O3. The number of hydrogen-bond donors (Lipinski definition) is 1. The summed E-state index contributed by atoms with van der Waals surface area (Å²) in [4.78, 5) is 31.4. The Hall–Kier alpha value is -2.68. The molecule has 1 saturated carbocycles. The lowest BCUT2D eigenvalue weighted by atomic mass is 9.69. The fraction of sp³-hybridized carbons (Fsp3) is 0.375. The maximum atomic E-state index is 12.0. The first-order chi connectivity index (χ1) is 10.6. The maximum absolute atomic E-state index is 12.0. The number of ketones is 1. The van der Waals surface area contributed by atoms with Crippen molar-refractivity contribution in [2.24, 2.45) is 5.92 Å². The molecule has 1 aliphatic rings. The van der Waals surface area contributed by atoms with Gasteiger partial charge < -0.3 is 9.72 Å². The highest BCUT2D eigenvalue weighted by atomic mass is 16.5. The molecule has 112 valence electrons. The lowest BCUT2D eigenvalue weighted by Crippen LogP contribution is -2.41. The smallest absolute Gasteiger partial charge is 0.316 e. The summed E-state index contributed by atoms with van der Waals surface area (Å²) in [6.07, 6.45) is 0.634. The van der Waals surface area contributed by atoms with E-state index in [9.17, 15) is 14.9 Å². The highest BCUT2D eigenvalue weighted by molar-refractivity contribution is 6.00. The summed E-state index contributed by atoms with van der Waals surface area (Å²) >= 11 is 0. The third-order valence-electron chi connectivity index (χ3n) is 4.28. The molecule has 0 spiro atoms. The number of rotatable bonds is 2. The van der Waals surface area contributed by atoms with Crippen molar-refractivity contribution in [2.45, 2.75) is 24.7 Å². The van der Waals surface area contributed by atoms with Crippen LogP contribution in [0.3, 0.4) is 0 Å². The molecule has 6 heteroatoms. The van der Waals surface area contributed by atoms with Gasteiger partial charge in [-0.2, -0.15) is 5.26 Å². The van der Waals surface area contributed by atoms with E-state index in [4.69, 9.17) is 4.74 Å². The summed E-state index contributed by atoms with van der Waals surface area (Å²) < 4.78 is 4.69. The second-order valence-electron chi connectivity index (χ2n) is 5.54. The first kappa shape index (κ1) is 14.3. The molecule has 3 rings (SSSR count). The van der Waals surface area contributed by atoms with Crippen LogP contribution in [0, 0.1) is 17.2 Å². The minimum absolute atomic E-state index is 0.106. The van der Waals surface area contributed by atoms with E-state index in [1.165, 1.54) is 7.11 Å². The molecule has 2 aromatic rings. The van der Waals surface area contributed by atoms with Gasteiger partial charge >= 0.3 is 5.97 Å². The van der Waals surface area contributed by atoms with Crippen molar-refractivity contribution >= 4 is 22.8 Å². The number of aromatic nitrogens is 2. The summed E-state index contributed by atoms with van der Waals surface area (Å²) in [5.74, 6) is -1.14. The molecule has 0 radical (unpaired) electrons. The van der Waals surface area contributed by atoms with Crippen molar-refractivity contribution in [3.63, 3.8) is 0 Å². The average molecular weight is 297 g/mol. The minimum Gasteiger partial charge on any atom is -0.468 e. The van der Waals surface area contributed by atoms with Crippen LogP contribution in [0.2, 0.25) is 0 Å². The Bertz CT molecular complexity index is 748. The van der Waals surface area contributed by atoms with E-state index in [2.05, 4.69) is 16.0 Å². The van der Waals surface area contributed by atoms with Gasteiger partial charge in [0.15, 0.2) is 0 Å². The number of fused-ring (bicyclic) bond motifs is 1. The Labute approximate surface area is 127 Å². The SMILES string of the molecule is COC(=O)C1CC(C#N)(c2nc3ccccc3[nH]2)CCC1=O. The van der Waals surface area contributed by atoms with Gasteiger partial charge in [-0.25, -0.2) is 4.98 Å². The van der Waals surface area contributed by atoms with Gasteiger partial charge in [-0.1, -0.05) is 12.1 Å². The van der Waals surface area contributed by atoms with Gasteiger partial charge in [0.1, 0.15) is 22.9 Å². The zero-order valence-electron chi connectivity index (χ0n) is 12.1. The Morgan fingerprint density at radius 1 is 1.50 bits per heavy atom. The molecule has 1 aromatic heterocycles. The number of esters is 1. The van der Waals surface area contributed by atoms with Crippen LogP contribution in [0.25, 0.3) is 11.0 Å². The molecule has 1 heterocycles. The van der Waals surface area contributed by atoms with Crippen LogP contribution in [-0.4, -0.2) is 28.8 Å². The summed E-state index contributed by atoms with van der Waals surface area (Å²) in [5, 5.41) is 9.71. The van der Waals surface area contributed by atoms with Gasteiger partial charge in [-0.3, -0.25) is 9.59 Å². The molecule has 2 atom stereocenters. The Balaban J connectivity index is 2.03. The number of carbonyl (C=O) groups excluding carboxylic acids is 2. The highest BCUT2D eigenvalue weighted by Crippen LogP contribution is 2.40. The Morgan fingerprint density at radius 2 is 2.27 bits per heavy atom. The Kier molecular flexibility index (Phi) is 3.41. The summed E-state index contributed by atoms with van der Waals surface area (Å²) in [6, 6.07) is 9.75. The van der Waals surface area contributed by atoms with E-state index < -0.39 is 17.3 Å². The van der Waals surface area contributed by atoms with Crippen LogP contribution < -0.4 is 0 Å². The molecule has 0 amide bonds. The molecule has 2 unspecified atom stereocenters. The van der Waals surface area contributed by atoms with Crippen LogP contribution in [0.15, 0.2) is 24.3 Å². The van der Waals surface area contributed by atoms with Crippen LogP contribution in [0.5, 0.6) is 0 Å². The van der Waals surface area contributed by atoms with Gasteiger partial charge in [0.25, 0.3) is 0 Å². The van der Waals surface area contributed by atoms with E-state index in [1.54, 1.807) is 0 Å². The van der Waals surface area contributed by atoms with Gasteiger partial charge in [-0.15, -0.1) is 0 Å². The predicted molar refractivity (Wildman–Crippen MR) is 77.7 cm³/mol. The molecule has 1 aliphatic carbocycles. The van der Waals surface area contributed by atoms with Crippen molar-refractivity contribution in [1.82, 2.24) is 9.97 Å². The molecule has 22 heavy (non-hydrogen) atoms. The zero-order chi connectivity index (χ0) is 15.7. The van der Waals surface area contributed by atoms with Crippen molar-refractivity contribution in [3.05, 3.63) is 30.1 Å². The predicted octanol–water partition coefficient (Wildman–Crippen LogP) is 1.87. The number of ether oxygens (including phenoxy) is 1. The number of nitrogens with one attached hydrogen (secondary N) is 1. The van der Waals surface area contributed by atoms with E-state index in [0.29, 0.717) is 12.2 Å². The number of nitrogens with zero attached hydrogens (tertiary/aromatic N) is 2. The van der Waals surface area contributed by atoms with Gasteiger partial charge in [-0.05, 0) is 25.0 Å². The van der Waals surface area contributed by atoms with Crippen molar-refractivity contribution in [1.29, 1.82) is 5.26 Å². The number of H-pyrrole nitrogens is 1. The standard InChI is InChI=1S/C16H15N3O3/c1-22-14(21)10-8-16(9-17,7-6-13(10)20)15-18-11-4-2-3-5-12(11)19-15/h2-5,10H,6-8H2,1H3,(H,18,19). The average Bonchev–Trinajstić information content (AvgIpc) is 2.99. The highest BCUT2D eigenvalue weighted by Gasteiger charge is 2.47. The monoisotopic (exact) mass is 297 g/mol. The number of nitriles is 1. The van der Waals surface area contributed by atoms with E-state index >= 15 is 0 Å². The van der Waals surface area contributed by atoms with Crippen LogP contribution in [-0.2, 0) is 19.7 Å². The van der Waals surface area contributed by atoms with Crippen LogP contribution in [0.4, 0.5) is 0 Å². The third kappa shape index (κ3) is 2.15. The lowest BCUT2D eigenvalue weighted by molar-refractivity contribution is -0.151. The molecule has 0 bridgehead atoms. The van der Waals surface area contributed by atoms with E-state index in [0.717, 1.165) is 11.0 Å². The molecule has 1 N–H and O–H groups in total. The van der Waals surface area contributed by atoms with E-state index in [1.807, 2.05) is 24.3 Å². The van der Waals surface area contributed by atoms with Gasteiger partial charge in [0, 0.05) is 6.42 Å².